The molecular weight excluding hydrogens is 288 g/mol. The molecule has 2 rings (SSSR count). The molecule has 22 heavy (non-hydrogen) atoms. The van der Waals surface area contributed by atoms with E-state index in [1.807, 2.05) is 0 Å². The first-order valence-electron chi connectivity index (χ1n) is 6.49. The number of amides is 1. The zero-order chi connectivity index (χ0) is 16.3. The number of carbonyl (C=O) groups is 2. The van der Waals surface area contributed by atoms with Crippen LogP contribution in [0.2, 0.25) is 0 Å². The fraction of sp³-hybridized carbons (Fsp3) is 0.286. The molecule has 0 saturated heterocycles. The number of imidazole rings is 1. The van der Waals surface area contributed by atoms with Crippen LogP contribution in [0.4, 0.5) is 10.6 Å². The topological polar surface area (TPSA) is 106 Å². The molecule has 0 aromatic carbocycles. The Hall–Kier alpha value is -2.90. The van der Waals surface area contributed by atoms with Crippen LogP contribution in [0.25, 0.3) is 5.69 Å². The van der Waals surface area contributed by atoms with E-state index in [2.05, 4.69) is 15.3 Å². The quantitative estimate of drug-likeness (QED) is 0.901. The zero-order valence-corrected chi connectivity index (χ0v) is 12.4. The van der Waals surface area contributed by atoms with Crippen molar-refractivity contribution in [3.05, 3.63) is 36.5 Å². The van der Waals surface area contributed by atoms with Gasteiger partial charge in [0.05, 0.1) is 11.9 Å². The number of ether oxygens (including phenoxy) is 1. The van der Waals surface area contributed by atoms with Crippen molar-refractivity contribution in [1.82, 2.24) is 14.5 Å². The lowest BCUT2D eigenvalue weighted by atomic mass is 10.2. The van der Waals surface area contributed by atoms with Crippen LogP contribution >= 0.6 is 0 Å². The van der Waals surface area contributed by atoms with Crippen LogP contribution in [-0.2, 0) is 4.74 Å². The summed E-state index contributed by atoms with van der Waals surface area (Å²) in [4.78, 5) is 30.9. The number of carboxylic acids is 1. The van der Waals surface area contributed by atoms with Crippen molar-refractivity contribution in [2.75, 3.05) is 5.32 Å². The Morgan fingerprint density at radius 3 is 2.64 bits per heavy atom. The van der Waals surface area contributed by atoms with Crippen LogP contribution in [0.15, 0.2) is 30.9 Å². The Balaban J connectivity index is 2.38. The summed E-state index contributed by atoms with van der Waals surface area (Å²) in [5.74, 6) is -1.25. The zero-order valence-electron chi connectivity index (χ0n) is 12.4. The molecule has 0 spiro atoms. The van der Waals surface area contributed by atoms with Crippen LogP contribution in [0.5, 0.6) is 0 Å². The first kappa shape index (κ1) is 15.5. The highest BCUT2D eigenvalue weighted by Crippen LogP contribution is 2.20. The van der Waals surface area contributed by atoms with Crippen molar-refractivity contribution >= 4 is 17.9 Å². The number of aromatic carboxylic acids is 1. The number of aromatic nitrogens is 3. The van der Waals surface area contributed by atoms with Gasteiger partial charge in [-0.05, 0) is 32.9 Å². The molecule has 2 aromatic rings. The van der Waals surface area contributed by atoms with E-state index in [-0.39, 0.29) is 11.5 Å². The Bertz CT molecular complexity index is 689. The number of pyridine rings is 1. The van der Waals surface area contributed by atoms with Gasteiger partial charge in [0, 0.05) is 6.20 Å². The standard InChI is InChI=1S/C14H16N4O4/c1-14(2,3)22-13(21)17-11-10(12(19)20)16-8-18(11)9-5-4-6-15-7-9/h4-8H,1-3H3,(H,17,21)(H,19,20). The number of carbonyl (C=O) groups excluding carboxylic acids is 1. The summed E-state index contributed by atoms with van der Waals surface area (Å²) < 4.78 is 6.55. The maximum Gasteiger partial charge on any atom is 0.413 e. The van der Waals surface area contributed by atoms with Crippen molar-refractivity contribution in [1.29, 1.82) is 0 Å². The molecule has 8 nitrogen and oxygen atoms in total. The molecule has 0 unspecified atom stereocenters. The summed E-state index contributed by atoms with van der Waals surface area (Å²) in [6.45, 7) is 5.13. The summed E-state index contributed by atoms with van der Waals surface area (Å²) in [6.07, 6.45) is 3.64. The Labute approximate surface area is 126 Å². The molecule has 1 amide bonds. The Kier molecular flexibility index (Phi) is 4.11. The van der Waals surface area contributed by atoms with Gasteiger partial charge in [0.2, 0.25) is 0 Å². The minimum Gasteiger partial charge on any atom is -0.476 e. The van der Waals surface area contributed by atoms with Crippen molar-refractivity contribution in [3.63, 3.8) is 0 Å². The van der Waals surface area contributed by atoms with Gasteiger partial charge in [0.1, 0.15) is 11.9 Å². The lowest BCUT2D eigenvalue weighted by molar-refractivity contribution is 0.0635. The molecule has 0 aliphatic heterocycles. The monoisotopic (exact) mass is 304 g/mol. The predicted octanol–water partition coefficient (Wildman–Crippen LogP) is 2.31. The van der Waals surface area contributed by atoms with Gasteiger partial charge in [0.15, 0.2) is 11.5 Å². The van der Waals surface area contributed by atoms with Gasteiger partial charge in [-0.25, -0.2) is 14.6 Å². The summed E-state index contributed by atoms with van der Waals surface area (Å²) in [5.41, 5.74) is -0.421. The highest BCUT2D eigenvalue weighted by atomic mass is 16.6. The van der Waals surface area contributed by atoms with Crippen LogP contribution in [0, 0.1) is 0 Å². The fourth-order valence-corrected chi connectivity index (χ4v) is 1.72. The molecule has 0 atom stereocenters. The van der Waals surface area contributed by atoms with Crippen LogP contribution in [-0.4, -0.2) is 37.3 Å². The average molecular weight is 304 g/mol. The summed E-state index contributed by atoms with van der Waals surface area (Å²) >= 11 is 0. The van der Waals surface area contributed by atoms with E-state index in [4.69, 9.17) is 4.74 Å². The molecule has 2 heterocycles. The molecule has 8 heteroatoms. The van der Waals surface area contributed by atoms with Gasteiger partial charge < -0.3 is 9.84 Å². The SMILES string of the molecule is CC(C)(C)OC(=O)Nc1c(C(=O)O)ncn1-c1cccnc1. The van der Waals surface area contributed by atoms with Gasteiger partial charge >= 0.3 is 12.1 Å². The molecular formula is C14H16N4O4. The predicted molar refractivity (Wildman–Crippen MR) is 78.2 cm³/mol. The normalized spacial score (nSPS) is 11.0. The highest BCUT2D eigenvalue weighted by Gasteiger charge is 2.23. The second kappa shape index (κ2) is 5.84. The van der Waals surface area contributed by atoms with E-state index in [0.717, 1.165) is 0 Å². The number of nitrogens with zero attached hydrogens (tertiary/aromatic N) is 3. The molecule has 0 bridgehead atoms. The van der Waals surface area contributed by atoms with E-state index in [1.54, 1.807) is 39.1 Å². The first-order valence-corrected chi connectivity index (χ1v) is 6.49. The van der Waals surface area contributed by atoms with Gasteiger partial charge in [-0.2, -0.15) is 0 Å². The number of hydrogen-bond donors (Lipinski definition) is 2. The van der Waals surface area contributed by atoms with E-state index in [0.29, 0.717) is 5.69 Å². The summed E-state index contributed by atoms with van der Waals surface area (Å²) in [7, 11) is 0. The first-order chi connectivity index (χ1) is 10.3. The largest absolute Gasteiger partial charge is 0.476 e. The molecule has 0 aliphatic carbocycles. The Morgan fingerprint density at radius 2 is 2.09 bits per heavy atom. The highest BCUT2D eigenvalue weighted by molar-refractivity contribution is 5.96. The Morgan fingerprint density at radius 1 is 1.36 bits per heavy atom. The molecule has 2 N–H and O–H groups in total. The molecule has 116 valence electrons. The van der Waals surface area contributed by atoms with Gasteiger partial charge in [0.25, 0.3) is 0 Å². The second-order valence-corrected chi connectivity index (χ2v) is 5.46. The number of anilines is 1. The second-order valence-electron chi connectivity index (χ2n) is 5.46. The smallest absolute Gasteiger partial charge is 0.413 e. The molecule has 0 saturated carbocycles. The number of carboxylic acid groups (broad SMARTS) is 1. The molecule has 0 fully saturated rings. The van der Waals surface area contributed by atoms with Crippen LogP contribution < -0.4 is 5.32 Å². The lowest BCUT2D eigenvalue weighted by Crippen LogP contribution is -2.28. The van der Waals surface area contributed by atoms with E-state index in [9.17, 15) is 14.7 Å². The molecule has 0 radical (unpaired) electrons. The summed E-state index contributed by atoms with van der Waals surface area (Å²) in [6, 6.07) is 3.40. The minimum absolute atomic E-state index is 0.00903. The van der Waals surface area contributed by atoms with Crippen molar-refractivity contribution in [2.45, 2.75) is 26.4 Å². The third kappa shape index (κ3) is 3.60. The fourth-order valence-electron chi connectivity index (χ4n) is 1.72. The van der Waals surface area contributed by atoms with Crippen LogP contribution in [0.1, 0.15) is 31.3 Å². The minimum atomic E-state index is -1.26. The summed E-state index contributed by atoms with van der Waals surface area (Å²) in [5, 5.41) is 11.6. The maximum absolute atomic E-state index is 11.9. The van der Waals surface area contributed by atoms with E-state index < -0.39 is 17.7 Å². The van der Waals surface area contributed by atoms with Crippen molar-refractivity contribution < 1.29 is 19.4 Å². The maximum atomic E-state index is 11.9. The molecule has 0 aliphatic rings. The van der Waals surface area contributed by atoms with Gasteiger partial charge in [-0.3, -0.25) is 14.9 Å². The van der Waals surface area contributed by atoms with E-state index >= 15 is 0 Å². The third-order valence-electron chi connectivity index (χ3n) is 2.51. The number of rotatable bonds is 3. The number of hydrogen-bond acceptors (Lipinski definition) is 5. The van der Waals surface area contributed by atoms with Crippen molar-refractivity contribution in [3.8, 4) is 5.69 Å². The number of nitrogens with one attached hydrogen (secondary N) is 1. The molecule has 2 aromatic heterocycles. The lowest BCUT2D eigenvalue weighted by Gasteiger charge is -2.20. The third-order valence-corrected chi connectivity index (χ3v) is 2.51. The average Bonchev–Trinajstić information content (AvgIpc) is 2.81. The van der Waals surface area contributed by atoms with E-state index in [1.165, 1.54) is 17.1 Å². The van der Waals surface area contributed by atoms with Crippen molar-refractivity contribution in [2.24, 2.45) is 0 Å². The van der Waals surface area contributed by atoms with Crippen LogP contribution in [0.3, 0.4) is 0 Å². The van der Waals surface area contributed by atoms with Gasteiger partial charge in [-0.1, -0.05) is 0 Å². The van der Waals surface area contributed by atoms with Gasteiger partial charge in [-0.15, -0.1) is 0 Å².